The molecule has 14 N–H and O–H groups in total. The minimum Gasteiger partial charge on any atom is -0.481 e. The fourth-order valence-corrected chi connectivity index (χ4v) is 5.55. The molecule has 0 spiro atoms. The van der Waals surface area contributed by atoms with Gasteiger partial charge in [-0.25, -0.2) is 9.59 Å². The molecule has 0 aromatic heterocycles. The van der Waals surface area contributed by atoms with Crippen LogP contribution in [0.15, 0.2) is 24.3 Å². The number of likely N-dealkylation sites (N-methyl/N-ethyl adjacent to an activating group) is 1. The molecule has 0 heterocycles. The molecule has 0 radical (unpaired) electrons. The summed E-state index contributed by atoms with van der Waals surface area (Å²) in [5.74, 6) is -4.65. The van der Waals surface area contributed by atoms with Crippen LogP contribution in [0.1, 0.15) is 70.3 Å². The summed E-state index contributed by atoms with van der Waals surface area (Å²) in [5.41, 5.74) is 7.61. The van der Waals surface area contributed by atoms with E-state index in [4.69, 9.17) is 28.2 Å². The minimum atomic E-state index is -1.30. The average Bonchev–Trinajstić information content (AvgIpc) is 3.15. The molecule has 0 saturated carbocycles. The zero-order valence-corrected chi connectivity index (χ0v) is 33.1. The number of benzene rings is 1. The van der Waals surface area contributed by atoms with Crippen molar-refractivity contribution in [1.82, 2.24) is 42.5 Å². The molecule has 56 heavy (non-hydrogen) atoms. The van der Waals surface area contributed by atoms with Gasteiger partial charge in [0.1, 0.15) is 18.6 Å². The van der Waals surface area contributed by atoms with Crippen LogP contribution in [0, 0.1) is 0 Å². The molecule has 3 atom stereocenters. The number of hydrogen-bond donors (Lipinski definition) is 13. The Balaban J connectivity index is 2.39. The van der Waals surface area contributed by atoms with Crippen LogP contribution >= 0.6 is 12.2 Å². The molecule has 316 valence electrons. The Labute approximate surface area is 333 Å². The van der Waals surface area contributed by atoms with E-state index < -0.39 is 48.5 Å². The maximum absolute atomic E-state index is 12.8. The number of carbonyl (C=O) groups excluding carboxylic acids is 3. The Hall–Kier alpha value is -4.63. The molecule has 0 fully saturated rings. The SMILES string of the molecule is CCNCC(Cc1ccc(NC(=S)NCCCCCC(=O)N[C@@H](CCC(=O)O)C(=O)NCCCC[C@H](NC(=O)NCC(=O)O)C(=O)O)cc1)NCCNCCN. The van der Waals surface area contributed by atoms with Crippen LogP contribution in [0.2, 0.25) is 0 Å². The summed E-state index contributed by atoms with van der Waals surface area (Å²) in [6.07, 6.45) is 3.21. The lowest BCUT2D eigenvalue weighted by atomic mass is 10.1. The van der Waals surface area contributed by atoms with E-state index in [2.05, 4.69) is 61.6 Å². The van der Waals surface area contributed by atoms with E-state index in [9.17, 15) is 33.9 Å². The van der Waals surface area contributed by atoms with E-state index in [1.807, 2.05) is 17.4 Å². The molecule has 4 amide bonds. The predicted molar refractivity (Wildman–Crippen MR) is 216 cm³/mol. The molecule has 0 aliphatic rings. The molecule has 0 bridgehead atoms. The van der Waals surface area contributed by atoms with Crippen molar-refractivity contribution < 1.29 is 44.1 Å². The van der Waals surface area contributed by atoms with Crippen molar-refractivity contribution in [2.75, 3.05) is 64.2 Å². The number of aliphatic carboxylic acids is 3. The molecule has 0 aliphatic carbocycles. The van der Waals surface area contributed by atoms with E-state index in [1.54, 1.807) is 0 Å². The van der Waals surface area contributed by atoms with Crippen LogP contribution < -0.4 is 53.6 Å². The third kappa shape index (κ3) is 25.4. The maximum Gasteiger partial charge on any atom is 0.326 e. The zero-order valence-electron chi connectivity index (χ0n) is 32.3. The van der Waals surface area contributed by atoms with Crippen molar-refractivity contribution in [3.63, 3.8) is 0 Å². The van der Waals surface area contributed by atoms with Gasteiger partial charge in [-0.3, -0.25) is 19.2 Å². The van der Waals surface area contributed by atoms with Gasteiger partial charge in [0.15, 0.2) is 5.11 Å². The second kappa shape index (κ2) is 30.6. The third-order valence-electron chi connectivity index (χ3n) is 8.28. The highest BCUT2D eigenvalue weighted by Gasteiger charge is 2.22. The average molecular weight is 811 g/mol. The summed E-state index contributed by atoms with van der Waals surface area (Å²) in [6, 6.07) is 5.17. The number of carbonyl (C=O) groups is 6. The molecule has 0 saturated heterocycles. The fraction of sp³-hybridized carbons (Fsp3) is 0.639. The first-order valence-corrected chi connectivity index (χ1v) is 19.5. The summed E-state index contributed by atoms with van der Waals surface area (Å²) >= 11 is 5.44. The van der Waals surface area contributed by atoms with Crippen LogP contribution in [-0.2, 0) is 30.4 Å². The Kier molecular flexibility index (Phi) is 27.0. The number of nitrogens with two attached hydrogens (primary N) is 1. The number of amides is 4. The minimum absolute atomic E-state index is 0.0164. The number of anilines is 1. The molecular formula is C36H62N10O9S. The summed E-state index contributed by atoms with van der Waals surface area (Å²) in [7, 11) is 0. The van der Waals surface area contributed by atoms with Gasteiger partial charge in [0, 0.05) is 70.4 Å². The molecule has 1 aromatic rings. The number of thiocarbonyl (C=S) groups is 1. The van der Waals surface area contributed by atoms with Gasteiger partial charge in [0.25, 0.3) is 0 Å². The molecule has 19 nitrogen and oxygen atoms in total. The van der Waals surface area contributed by atoms with Gasteiger partial charge >= 0.3 is 23.9 Å². The van der Waals surface area contributed by atoms with E-state index >= 15 is 0 Å². The van der Waals surface area contributed by atoms with Crippen molar-refractivity contribution in [1.29, 1.82) is 0 Å². The van der Waals surface area contributed by atoms with Gasteiger partial charge in [-0.05, 0) is 81.4 Å². The van der Waals surface area contributed by atoms with Crippen molar-refractivity contribution in [3.8, 4) is 0 Å². The van der Waals surface area contributed by atoms with Gasteiger partial charge < -0.3 is 68.9 Å². The second-order valence-corrected chi connectivity index (χ2v) is 13.4. The standard InChI is InChI=1S/C36H62N10O9S/c1-2-38-23-27(40-21-20-39-19-16-37)22-25-10-12-26(13-11-25)44-36(56)42-18-6-3-4-9-30(47)45-28(14-15-31(48)49)33(52)41-17-7-5-8-29(34(53)54)46-35(55)43-24-32(50)51/h10-13,27-29,38-40H,2-9,14-24,37H2,1H3,(H,41,52)(H,45,47)(H,48,49)(H,50,51)(H,53,54)(H2,42,44,56)(H2,43,46,55)/t27?,28-,29-/m0/s1. The number of hydrogen-bond acceptors (Lipinski definition) is 11. The highest BCUT2D eigenvalue weighted by molar-refractivity contribution is 7.80. The molecular weight excluding hydrogens is 749 g/mol. The quantitative estimate of drug-likeness (QED) is 0.0327. The Morgan fingerprint density at radius 3 is 2.11 bits per heavy atom. The van der Waals surface area contributed by atoms with Crippen LogP contribution in [-0.4, -0.2) is 133 Å². The van der Waals surface area contributed by atoms with Crippen LogP contribution in [0.5, 0.6) is 0 Å². The smallest absolute Gasteiger partial charge is 0.326 e. The van der Waals surface area contributed by atoms with Crippen molar-refractivity contribution in [3.05, 3.63) is 29.8 Å². The van der Waals surface area contributed by atoms with Crippen LogP contribution in [0.25, 0.3) is 0 Å². The van der Waals surface area contributed by atoms with Gasteiger partial charge in [0.05, 0.1) is 0 Å². The fourth-order valence-electron chi connectivity index (χ4n) is 5.33. The van der Waals surface area contributed by atoms with Gasteiger partial charge in [-0.15, -0.1) is 0 Å². The molecule has 20 heteroatoms. The molecule has 1 unspecified atom stereocenters. The van der Waals surface area contributed by atoms with E-state index in [0.717, 1.165) is 51.3 Å². The number of carboxylic acid groups (broad SMARTS) is 3. The lowest BCUT2D eigenvalue weighted by molar-refractivity contribution is -0.140. The number of urea groups is 1. The summed E-state index contributed by atoms with van der Waals surface area (Å²) in [6.45, 7) is 7.03. The largest absolute Gasteiger partial charge is 0.481 e. The number of unbranched alkanes of at least 4 members (excludes halogenated alkanes) is 3. The van der Waals surface area contributed by atoms with E-state index in [1.165, 1.54) is 5.56 Å². The summed E-state index contributed by atoms with van der Waals surface area (Å²) < 4.78 is 0. The number of carboxylic acids is 3. The third-order valence-corrected chi connectivity index (χ3v) is 8.52. The second-order valence-electron chi connectivity index (χ2n) is 13.0. The van der Waals surface area contributed by atoms with Crippen molar-refractivity contribution >= 4 is 58.8 Å². The van der Waals surface area contributed by atoms with Crippen LogP contribution in [0.3, 0.4) is 0 Å². The van der Waals surface area contributed by atoms with Crippen molar-refractivity contribution in [2.45, 2.75) is 89.3 Å². The number of nitrogens with one attached hydrogen (secondary N) is 9. The lowest BCUT2D eigenvalue weighted by Gasteiger charge is -2.20. The van der Waals surface area contributed by atoms with Gasteiger partial charge in [-0.1, -0.05) is 25.5 Å². The monoisotopic (exact) mass is 810 g/mol. The van der Waals surface area contributed by atoms with E-state index in [-0.39, 0.29) is 44.6 Å². The van der Waals surface area contributed by atoms with Crippen molar-refractivity contribution in [2.24, 2.45) is 5.73 Å². The highest BCUT2D eigenvalue weighted by atomic mass is 32.1. The van der Waals surface area contributed by atoms with E-state index in [0.29, 0.717) is 43.5 Å². The Morgan fingerprint density at radius 1 is 0.732 bits per heavy atom. The molecule has 1 aromatic carbocycles. The first kappa shape index (κ1) is 49.4. The Morgan fingerprint density at radius 2 is 1.45 bits per heavy atom. The topological polar surface area (TPSA) is 297 Å². The van der Waals surface area contributed by atoms with Gasteiger partial charge in [0.2, 0.25) is 11.8 Å². The normalized spacial score (nSPS) is 12.4. The van der Waals surface area contributed by atoms with Gasteiger partial charge in [-0.2, -0.15) is 0 Å². The van der Waals surface area contributed by atoms with Crippen LogP contribution in [0.4, 0.5) is 10.5 Å². The lowest BCUT2D eigenvalue weighted by Crippen LogP contribution is -2.47. The Bertz CT molecular complexity index is 1360. The molecule has 0 aliphatic heterocycles. The highest BCUT2D eigenvalue weighted by Crippen LogP contribution is 2.12. The summed E-state index contributed by atoms with van der Waals surface area (Å²) in [4.78, 5) is 70.2. The predicted octanol–water partition coefficient (Wildman–Crippen LogP) is -0.335. The molecule has 1 rings (SSSR count). The zero-order chi connectivity index (χ0) is 41.6. The first-order valence-electron chi connectivity index (χ1n) is 19.1. The first-order chi connectivity index (χ1) is 26.8. The summed E-state index contributed by atoms with van der Waals surface area (Å²) in [5, 5.41) is 53.6. The number of rotatable bonds is 32. The maximum atomic E-state index is 12.8.